The zero-order valence-corrected chi connectivity index (χ0v) is 11.0. The minimum Gasteiger partial charge on any atom is -0.478 e. The maximum absolute atomic E-state index is 11.0. The molecular weight excluding hydrogens is 250 g/mol. The Morgan fingerprint density at radius 1 is 1.44 bits per heavy atom. The Balaban J connectivity index is 2.27. The van der Waals surface area contributed by atoms with Crippen LogP contribution in [0, 0.1) is 6.92 Å². The molecule has 5 nitrogen and oxygen atoms in total. The molecule has 0 radical (unpaired) electrons. The van der Waals surface area contributed by atoms with Gasteiger partial charge in [-0.3, -0.25) is 0 Å². The van der Waals surface area contributed by atoms with Crippen LogP contribution >= 0.6 is 11.3 Å². The van der Waals surface area contributed by atoms with Gasteiger partial charge in [-0.2, -0.15) is 0 Å². The molecule has 0 bridgehead atoms. The van der Waals surface area contributed by atoms with Gasteiger partial charge in [0.15, 0.2) is 0 Å². The Morgan fingerprint density at radius 3 is 2.78 bits per heavy atom. The standard InChI is InChI=1S/C12H13N3O2S/c1-3-10-9(12(16)17)5-13-11(15-10)4-8-6-18-7(2)14-8/h5-6H,3-4H2,1-2H3,(H,16,17). The zero-order valence-electron chi connectivity index (χ0n) is 10.2. The lowest BCUT2D eigenvalue weighted by atomic mass is 10.2. The summed E-state index contributed by atoms with van der Waals surface area (Å²) in [5.74, 6) is -0.370. The Morgan fingerprint density at radius 2 is 2.22 bits per heavy atom. The molecule has 2 rings (SSSR count). The number of aryl methyl sites for hydroxylation is 2. The molecular formula is C12H13N3O2S. The summed E-state index contributed by atoms with van der Waals surface area (Å²) in [4.78, 5) is 23.7. The van der Waals surface area contributed by atoms with Crippen molar-refractivity contribution in [1.82, 2.24) is 15.0 Å². The second kappa shape index (κ2) is 5.22. The van der Waals surface area contributed by atoms with Crippen molar-refractivity contribution in [2.45, 2.75) is 26.7 Å². The summed E-state index contributed by atoms with van der Waals surface area (Å²) in [5.41, 5.74) is 1.66. The van der Waals surface area contributed by atoms with E-state index in [1.54, 1.807) is 11.3 Å². The van der Waals surface area contributed by atoms with Crippen LogP contribution in [0.15, 0.2) is 11.6 Å². The number of rotatable bonds is 4. The van der Waals surface area contributed by atoms with E-state index in [4.69, 9.17) is 5.11 Å². The maximum Gasteiger partial charge on any atom is 0.339 e. The van der Waals surface area contributed by atoms with E-state index in [0.717, 1.165) is 10.7 Å². The molecule has 1 N–H and O–H groups in total. The van der Waals surface area contributed by atoms with Crippen molar-refractivity contribution in [3.05, 3.63) is 39.4 Å². The molecule has 0 unspecified atom stereocenters. The first-order chi connectivity index (χ1) is 8.60. The zero-order chi connectivity index (χ0) is 13.1. The van der Waals surface area contributed by atoms with E-state index in [0.29, 0.717) is 24.4 Å². The summed E-state index contributed by atoms with van der Waals surface area (Å²) >= 11 is 1.58. The molecule has 0 saturated heterocycles. The number of thiazole rings is 1. The van der Waals surface area contributed by atoms with E-state index in [1.807, 2.05) is 19.2 Å². The number of carboxylic acid groups (broad SMARTS) is 1. The molecule has 0 aliphatic carbocycles. The van der Waals surface area contributed by atoms with Gasteiger partial charge in [0.1, 0.15) is 5.82 Å². The lowest BCUT2D eigenvalue weighted by Gasteiger charge is -2.04. The van der Waals surface area contributed by atoms with Gasteiger partial charge >= 0.3 is 5.97 Å². The molecule has 0 spiro atoms. The predicted molar refractivity (Wildman–Crippen MR) is 68.0 cm³/mol. The highest BCUT2D eigenvalue weighted by Crippen LogP contribution is 2.12. The molecule has 0 atom stereocenters. The van der Waals surface area contributed by atoms with E-state index < -0.39 is 5.97 Å². The molecule has 0 saturated carbocycles. The first-order valence-corrected chi connectivity index (χ1v) is 6.47. The quantitative estimate of drug-likeness (QED) is 0.914. The summed E-state index contributed by atoms with van der Waals surface area (Å²) in [7, 11) is 0. The highest BCUT2D eigenvalue weighted by Gasteiger charge is 2.12. The molecule has 2 heterocycles. The van der Waals surface area contributed by atoms with Gasteiger partial charge in [-0.05, 0) is 13.3 Å². The van der Waals surface area contributed by atoms with Gasteiger partial charge in [-0.1, -0.05) is 6.92 Å². The average Bonchev–Trinajstić information content (AvgIpc) is 2.74. The number of aromatic carboxylic acids is 1. The SMILES string of the molecule is CCc1nc(Cc2csc(C)n2)ncc1C(=O)O. The molecule has 2 aromatic rings. The first kappa shape index (κ1) is 12.6. The number of carboxylic acids is 1. The molecule has 0 aliphatic rings. The number of carbonyl (C=O) groups is 1. The fraction of sp³-hybridized carbons (Fsp3) is 0.333. The van der Waals surface area contributed by atoms with Crippen molar-refractivity contribution in [2.75, 3.05) is 0 Å². The van der Waals surface area contributed by atoms with Crippen LogP contribution in [0.25, 0.3) is 0 Å². The number of aromatic nitrogens is 3. The molecule has 0 aliphatic heterocycles. The van der Waals surface area contributed by atoms with Crippen LogP contribution in [0.5, 0.6) is 0 Å². The van der Waals surface area contributed by atoms with Gasteiger partial charge in [0.25, 0.3) is 0 Å². The van der Waals surface area contributed by atoms with Crippen LogP contribution in [0.4, 0.5) is 0 Å². The van der Waals surface area contributed by atoms with Crippen molar-refractivity contribution in [1.29, 1.82) is 0 Å². The van der Waals surface area contributed by atoms with E-state index in [-0.39, 0.29) is 5.56 Å². The predicted octanol–water partition coefficient (Wildman–Crippen LogP) is 2.09. The number of hydrogen-bond acceptors (Lipinski definition) is 5. The lowest BCUT2D eigenvalue weighted by molar-refractivity contribution is 0.0694. The second-order valence-corrected chi connectivity index (χ2v) is 4.90. The third kappa shape index (κ3) is 2.70. The molecule has 0 amide bonds. The molecule has 94 valence electrons. The fourth-order valence-electron chi connectivity index (χ4n) is 1.64. The van der Waals surface area contributed by atoms with Crippen molar-refractivity contribution < 1.29 is 9.90 Å². The van der Waals surface area contributed by atoms with Gasteiger partial charge < -0.3 is 5.11 Å². The monoisotopic (exact) mass is 263 g/mol. The highest BCUT2D eigenvalue weighted by molar-refractivity contribution is 7.09. The number of hydrogen-bond donors (Lipinski definition) is 1. The fourth-order valence-corrected chi connectivity index (χ4v) is 2.26. The summed E-state index contributed by atoms with van der Waals surface area (Å²) in [6.07, 6.45) is 2.49. The summed E-state index contributed by atoms with van der Waals surface area (Å²) < 4.78 is 0. The minimum absolute atomic E-state index is 0.177. The first-order valence-electron chi connectivity index (χ1n) is 5.59. The van der Waals surface area contributed by atoms with Crippen LogP contribution in [0.2, 0.25) is 0 Å². The van der Waals surface area contributed by atoms with Crippen LogP contribution in [0.1, 0.15) is 39.5 Å². The van der Waals surface area contributed by atoms with Gasteiger partial charge in [0, 0.05) is 11.6 Å². The van der Waals surface area contributed by atoms with Crippen LogP contribution in [-0.4, -0.2) is 26.0 Å². The largest absolute Gasteiger partial charge is 0.478 e. The third-order valence-corrected chi connectivity index (χ3v) is 3.31. The Bertz CT molecular complexity index is 580. The molecule has 0 fully saturated rings. The average molecular weight is 263 g/mol. The van der Waals surface area contributed by atoms with Crippen LogP contribution in [-0.2, 0) is 12.8 Å². The van der Waals surface area contributed by atoms with Gasteiger partial charge in [0.2, 0.25) is 0 Å². The van der Waals surface area contributed by atoms with Gasteiger partial charge in [-0.15, -0.1) is 11.3 Å². The topological polar surface area (TPSA) is 76.0 Å². The molecule has 6 heteroatoms. The maximum atomic E-state index is 11.0. The Hall–Kier alpha value is -1.82. The summed E-state index contributed by atoms with van der Waals surface area (Å²) in [6.45, 7) is 3.82. The van der Waals surface area contributed by atoms with E-state index >= 15 is 0 Å². The van der Waals surface area contributed by atoms with E-state index in [2.05, 4.69) is 15.0 Å². The number of nitrogens with zero attached hydrogens (tertiary/aromatic N) is 3. The highest BCUT2D eigenvalue weighted by atomic mass is 32.1. The van der Waals surface area contributed by atoms with Gasteiger partial charge in [-0.25, -0.2) is 19.7 Å². The van der Waals surface area contributed by atoms with Gasteiger partial charge in [0.05, 0.1) is 28.4 Å². The minimum atomic E-state index is -0.983. The molecule has 0 aromatic carbocycles. The Labute approximate surface area is 109 Å². The smallest absolute Gasteiger partial charge is 0.339 e. The van der Waals surface area contributed by atoms with Crippen molar-refractivity contribution in [3.63, 3.8) is 0 Å². The molecule has 18 heavy (non-hydrogen) atoms. The van der Waals surface area contributed by atoms with Crippen LogP contribution in [0.3, 0.4) is 0 Å². The molecule has 2 aromatic heterocycles. The summed E-state index contributed by atoms with van der Waals surface area (Å²) in [5, 5.41) is 12.0. The Kier molecular flexibility index (Phi) is 3.66. The normalized spacial score (nSPS) is 10.6. The second-order valence-electron chi connectivity index (χ2n) is 3.84. The third-order valence-electron chi connectivity index (χ3n) is 2.49. The lowest BCUT2D eigenvalue weighted by Crippen LogP contribution is -2.08. The van der Waals surface area contributed by atoms with E-state index in [1.165, 1.54) is 6.20 Å². The van der Waals surface area contributed by atoms with Crippen molar-refractivity contribution in [3.8, 4) is 0 Å². The van der Waals surface area contributed by atoms with Crippen molar-refractivity contribution in [2.24, 2.45) is 0 Å². The van der Waals surface area contributed by atoms with E-state index in [9.17, 15) is 4.79 Å². The van der Waals surface area contributed by atoms with Crippen molar-refractivity contribution >= 4 is 17.3 Å². The summed E-state index contributed by atoms with van der Waals surface area (Å²) in [6, 6.07) is 0. The van der Waals surface area contributed by atoms with Crippen LogP contribution < -0.4 is 0 Å².